The van der Waals surface area contributed by atoms with Gasteiger partial charge in [0, 0.05) is 26.6 Å². The number of carboxylic acids is 1. The molecule has 0 amide bonds. The van der Waals surface area contributed by atoms with Crippen molar-refractivity contribution in [2.24, 2.45) is 18.9 Å². The number of nitro groups is 1. The molecule has 2 atom stereocenters. The summed E-state index contributed by atoms with van der Waals surface area (Å²) in [5, 5.41) is 24.2. The minimum atomic E-state index is -0.802. The van der Waals surface area contributed by atoms with Gasteiger partial charge in [0.25, 0.3) is 0 Å². The molecule has 2 unspecified atom stereocenters. The molecule has 0 spiro atoms. The van der Waals surface area contributed by atoms with Crippen LogP contribution in [0.2, 0.25) is 0 Å². The van der Waals surface area contributed by atoms with E-state index in [9.17, 15) is 14.9 Å². The maximum absolute atomic E-state index is 11.1. The van der Waals surface area contributed by atoms with Crippen molar-refractivity contribution in [1.82, 2.24) is 9.78 Å². The summed E-state index contributed by atoms with van der Waals surface area (Å²) in [5.74, 6) is -0.150. The summed E-state index contributed by atoms with van der Waals surface area (Å²) >= 11 is 0. The summed E-state index contributed by atoms with van der Waals surface area (Å²) in [7, 11) is 1.66. The number of anilines is 1. The van der Waals surface area contributed by atoms with Crippen molar-refractivity contribution in [3.63, 3.8) is 0 Å². The number of hydrogen-bond donors (Lipinski definition) is 1. The first kappa shape index (κ1) is 15.3. The van der Waals surface area contributed by atoms with Gasteiger partial charge < -0.3 is 10.0 Å². The molecule has 1 aromatic heterocycles. The number of aryl methyl sites for hydroxylation is 1. The Balaban J connectivity index is 2.14. The van der Waals surface area contributed by atoms with E-state index < -0.39 is 10.9 Å². The average Bonchev–Trinajstić information content (AvgIpc) is 2.80. The van der Waals surface area contributed by atoms with Crippen LogP contribution in [0.5, 0.6) is 0 Å². The lowest BCUT2D eigenvalue weighted by molar-refractivity contribution is -0.384. The monoisotopic (exact) mass is 296 g/mol. The Labute approximate surface area is 122 Å². The van der Waals surface area contributed by atoms with Crippen LogP contribution in [0.1, 0.15) is 26.2 Å². The molecule has 8 heteroatoms. The highest BCUT2D eigenvalue weighted by atomic mass is 16.6. The van der Waals surface area contributed by atoms with Crippen LogP contribution in [-0.2, 0) is 11.8 Å². The third-order valence-electron chi connectivity index (χ3n) is 4.05. The molecule has 2 rings (SSSR count). The summed E-state index contributed by atoms with van der Waals surface area (Å²) in [6, 6.07) is 0. The fourth-order valence-electron chi connectivity index (χ4n) is 2.93. The largest absolute Gasteiger partial charge is 0.481 e. The van der Waals surface area contributed by atoms with Crippen molar-refractivity contribution in [1.29, 1.82) is 0 Å². The van der Waals surface area contributed by atoms with Gasteiger partial charge in [-0.3, -0.25) is 19.6 Å². The maximum Gasteiger partial charge on any atom is 0.330 e. The van der Waals surface area contributed by atoms with Gasteiger partial charge in [-0.1, -0.05) is 6.92 Å². The van der Waals surface area contributed by atoms with E-state index in [0.717, 1.165) is 12.8 Å². The molecule has 0 saturated carbocycles. The van der Waals surface area contributed by atoms with Gasteiger partial charge in [-0.15, -0.1) is 5.10 Å². The molecule has 0 radical (unpaired) electrons. The van der Waals surface area contributed by atoms with Crippen LogP contribution in [0, 0.1) is 22.0 Å². The second-order valence-corrected chi connectivity index (χ2v) is 5.69. The second kappa shape index (κ2) is 6.11. The lowest BCUT2D eigenvalue weighted by atomic mass is 9.84. The van der Waals surface area contributed by atoms with E-state index in [1.54, 1.807) is 7.05 Å². The van der Waals surface area contributed by atoms with Crippen LogP contribution in [0.15, 0.2) is 6.20 Å². The predicted molar refractivity (Wildman–Crippen MR) is 76.2 cm³/mol. The molecule has 1 fully saturated rings. The van der Waals surface area contributed by atoms with Crippen LogP contribution in [0.3, 0.4) is 0 Å². The first-order chi connectivity index (χ1) is 9.88. The molecule has 1 N–H and O–H groups in total. The fourth-order valence-corrected chi connectivity index (χ4v) is 2.93. The number of rotatable bonds is 5. The normalized spacial score (nSPS) is 20.3. The zero-order valence-electron chi connectivity index (χ0n) is 12.2. The topological polar surface area (TPSA) is 102 Å². The molecule has 2 heterocycles. The highest BCUT2D eigenvalue weighted by molar-refractivity contribution is 5.67. The minimum Gasteiger partial charge on any atom is -0.481 e. The summed E-state index contributed by atoms with van der Waals surface area (Å²) in [5.41, 5.74) is 0.00374. The van der Waals surface area contributed by atoms with Gasteiger partial charge in [-0.2, -0.15) is 0 Å². The average molecular weight is 296 g/mol. The van der Waals surface area contributed by atoms with Gasteiger partial charge in [-0.05, 0) is 24.7 Å². The summed E-state index contributed by atoms with van der Waals surface area (Å²) in [6.07, 6.45) is 3.37. The van der Waals surface area contributed by atoms with Crippen molar-refractivity contribution < 1.29 is 14.8 Å². The Kier molecular flexibility index (Phi) is 4.44. The summed E-state index contributed by atoms with van der Waals surface area (Å²) in [6.45, 7) is 3.26. The Hall–Kier alpha value is -2.12. The van der Waals surface area contributed by atoms with E-state index in [4.69, 9.17) is 5.11 Å². The van der Waals surface area contributed by atoms with Crippen molar-refractivity contribution in [2.75, 3.05) is 18.0 Å². The maximum atomic E-state index is 11.1. The Morgan fingerprint density at radius 2 is 2.38 bits per heavy atom. The molecule has 0 aromatic carbocycles. The second-order valence-electron chi connectivity index (χ2n) is 5.69. The molecule has 116 valence electrons. The molecule has 1 saturated heterocycles. The van der Waals surface area contributed by atoms with Gasteiger partial charge in [0.15, 0.2) is 0 Å². The molecule has 1 aliphatic rings. The Morgan fingerprint density at radius 1 is 1.67 bits per heavy atom. The van der Waals surface area contributed by atoms with E-state index >= 15 is 0 Å². The van der Waals surface area contributed by atoms with Gasteiger partial charge in [0.1, 0.15) is 6.20 Å². The number of aromatic nitrogens is 2. The molecule has 0 bridgehead atoms. The van der Waals surface area contributed by atoms with Crippen molar-refractivity contribution in [3.05, 3.63) is 16.3 Å². The number of carboxylic acid groups (broad SMARTS) is 1. The number of carbonyl (C=O) groups is 1. The van der Waals surface area contributed by atoms with Gasteiger partial charge in [-0.25, -0.2) is 0 Å². The highest BCUT2D eigenvalue weighted by Crippen LogP contribution is 2.32. The SMILES string of the molecule is CC(CC(=O)O)C1CCCN(c2nn(C)cc2[N+](=O)[O-])C1. The summed E-state index contributed by atoms with van der Waals surface area (Å²) in [4.78, 5) is 23.4. The van der Waals surface area contributed by atoms with E-state index in [0.29, 0.717) is 18.9 Å². The van der Waals surface area contributed by atoms with Crippen molar-refractivity contribution in [3.8, 4) is 0 Å². The zero-order chi connectivity index (χ0) is 15.6. The Bertz CT molecular complexity index is 542. The molecular formula is C13H20N4O4. The van der Waals surface area contributed by atoms with Gasteiger partial charge in [0.05, 0.1) is 4.92 Å². The molecule has 21 heavy (non-hydrogen) atoms. The third-order valence-corrected chi connectivity index (χ3v) is 4.05. The molecule has 1 aromatic rings. The van der Waals surface area contributed by atoms with Crippen LogP contribution >= 0.6 is 0 Å². The summed E-state index contributed by atoms with van der Waals surface area (Å²) < 4.78 is 1.44. The smallest absolute Gasteiger partial charge is 0.330 e. The number of hydrogen-bond acceptors (Lipinski definition) is 5. The molecular weight excluding hydrogens is 276 g/mol. The van der Waals surface area contributed by atoms with E-state index in [1.165, 1.54) is 10.9 Å². The van der Waals surface area contributed by atoms with Crippen LogP contribution in [-0.4, -0.2) is 38.9 Å². The van der Waals surface area contributed by atoms with Gasteiger partial charge in [0.2, 0.25) is 5.82 Å². The fraction of sp³-hybridized carbons (Fsp3) is 0.692. The van der Waals surface area contributed by atoms with Crippen LogP contribution < -0.4 is 4.90 Å². The van der Waals surface area contributed by atoms with E-state index in [-0.39, 0.29) is 23.9 Å². The lowest BCUT2D eigenvalue weighted by Gasteiger charge is -2.35. The van der Waals surface area contributed by atoms with E-state index in [1.807, 2.05) is 11.8 Å². The predicted octanol–water partition coefficient (Wildman–Crippen LogP) is 1.66. The van der Waals surface area contributed by atoms with Crippen LogP contribution in [0.4, 0.5) is 11.5 Å². The molecule has 8 nitrogen and oxygen atoms in total. The van der Waals surface area contributed by atoms with E-state index in [2.05, 4.69) is 5.10 Å². The Morgan fingerprint density at radius 3 is 3.00 bits per heavy atom. The number of piperidine rings is 1. The first-order valence-corrected chi connectivity index (χ1v) is 7.03. The number of nitrogens with zero attached hydrogens (tertiary/aromatic N) is 4. The minimum absolute atomic E-state index is 0.00374. The quantitative estimate of drug-likeness (QED) is 0.655. The number of aliphatic carboxylic acids is 1. The van der Waals surface area contributed by atoms with Crippen molar-refractivity contribution in [2.45, 2.75) is 26.2 Å². The highest BCUT2D eigenvalue weighted by Gasteiger charge is 2.31. The van der Waals surface area contributed by atoms with Crippen molar-refractivity contribution >= 4 is 17.5 Å². The molecule has 1 aliphatic heterocycles. The van der Waals surface area contributed by atoms with Crippen LogP contribution in [0.25, 0.3) is 0 Å². The van der Waals surface area contributed by atoms with Gasteiger partial charge >= 0.3 is 11.7 Å². The third kappa shape index (κ3) is 3.50. The standard InChI is InChI=1S/C13H20N4O4/c1-9(6-12(18)19)10-4-3-5-16(7-10)13-11(17(20)21)8-15(2)14-13/h8-10H,3-7H2,1-2H3,(H,18,19). The lowest BCUT2D eigenvalue weighted by Crippen LogP contribution is -2.39. The molecule has 0 aliphatic carbocycles. The first-order valence-electron chi connectivity index (χ1n) is 7.03. The zero-order valence-corrected chi connectivity index (χ0v) is 12.2.